The van der Waals surface area contributed by atoms with Gasteiger partial charge < -0.3 is 10.1 Å². The molecule has 0 spiro atoms. The van der Waals surface area contributed by atoms with Gasteiger partial charge in [0.2, 0.25) is 0 Å². The lowest BCUT2D eigenvalue weighted by Gasteiger charge is -2.10. The van der Waals surface area contributed by atoms with Gasteiger partial charge in [-0.3, -0.25) is 4.79 Å². The molecule has 0 aliphatic carbocycles. The summed E-state index contributed by atoms with van der Waals surface area (Å²) >= 11 is 3.33. The van der Waals surface area contributed by atoms with Gasteiger partial charge in [-0.05, 0) is 64.8 Å². The molecule has 27 heavy (non-hydrogen) atoms. The minimum atomic E-state index is -4.52. The fourth-order valence-corrected chi connectivity index (χ4v) is 2.68. The smallest absolute Gasteiger partial charge is 0.416 e. The number of nitrogens with one attached hydrogen (secondary N) is 1. The number of nitrogens with zero attached hydrogens (tertiary/aromatic N) is 1. The number of carbonyl (C=O) groups excluding carboxylic acids is 1. The van der Waals surface area contributed by atoms with E-state index in [2.05, 4.69) is 21.2 Å². The summed E-state index contributed by atoms with van der Waals surface area (Å²) in [5.41, 5.74) is -0.633. The van der Waals surface area contributed by atoms with Crippen LogP contribution in [0.4, 0.5) is 18.9 Å². The van der Waals surface area contributed by atoms with Gasteiger partial charge in [-0.1, -0.05) is 12.1 Å². The Morgan fingerprint density at radius 1 is 1.30 bits per heavy atom. The average molecular weight is 439 g/mol. The number of alkyl halides is 3. The third kappa shape index (κ3) is 5.59. The van der Waals surface area contributed by atoms with E-state index >= 15 is 0 Å². The van der Waals surface area contributed by atoms with Gasteiger partial charge in [0, 0.05) is 5.69 Å². The van der Waals surface area contributed by atoms with E-state index in [1.165, 1.54) is 18.2 Å². The first kappa shape index (κ1) is 20.5. The molecule has 2 aromatic carbocycles. The van der Waals surface area contributed by atoms with Crippen molar-refractivity contribution in [3.8, 4) is 11.8 Å². The van der Waals surface area contributed by atoms with Gasteiger partial charge in [-0.2, -0.15) is 18.4 Å². The number of carbonyl (C=O) groups is 1. The molecule has 0 aliphatic heterocycles. The standard InChI is InChI=1S/C19H14BrF3N2O2/c1-2-27-17-7-6-12(9-16(17)20)8-13(11-24)18(26)25-15-5-3-4-14(10-15)19(21,22)23/h3-10H,2H2,1H3,(H,25,26)/b13-8+. The Kier molecular flexibility index (Phi) is 6.64. The fourth-order valence-electron chi connectivity index (χ4n) is 2.17. The molecule has 0 atom stereocenters. The molecule has 140 valence electrons. The molecular weight excluding hydrogens is 425 g/mol. The van der Waals surface area contributed by atoms with E-state index < -0.39 is 17.6 Å². The van der Waals surface area contributed by atoms with Crippen LogP contribution in [-0.2, 0) is 11.0 Å². The monoisotopic (exact) mass is 438 g/mol. The number of hydrogen-bond donors (Lipinski definition) is 1. The van der Waals surface area contributed by atoms with Gasteiger partial charge in [0.1, 0.15) is 17.4 Å². The Morgan fingerprint density at radius 2 is 2.04 bits per heavy atom. The lowest BCUT2D eigenvalue weighted by Crippen LogP contribution is -2.14. The van der Waals surface area contributed by atoms with Crippen LogP contribution in [0, 0.1) is 11.3 Å². The number of rotatable bonds is 5. The summed E-state index contributed by atoms with van der Waals surface area (Å²) in [5, 5.41) is 11.5. The van der Waals surface area contributed by atoms with Crippen molar-refractivity contribution in [2.24, 2.45) is 0 Å². The maximum Gasteiger partial charge on any atom is 0.416 e. The van der Waals surface area contributed by atoms with E-state index in [4.69, 9.17) is 4.74 Å². The lowest BCUT2D eigenvalue weighted by molar-refractivity contribution is -0.137. The highest BCUT2D eigenvalue weighted by Gasteiger charge is 2.30. The summed E-state index contributed by atoms with van der Waals surface area (Å²) in [6.45, 7) is 2.32. The summed E-state index contributed by atoms with van der Waals surface area (Å²) < 4.78 is 44.3. The number of benzene rings is 2. The molecule has 0 saturated carbocycles. The van der Waals surface area contributed by atoms with Crippen LogP contribution in [0.5, 0.6) is 5.75 Å². The minimum Gasteiger partial charge on any atom is -0.493 e. The van der Waals surface area contributed by atoms with Gasteiger partial charge in [0.05, 0.1) is 16.6 Å². The Labute approximate surface area is 162 Å². The lowest BCUT2D eigenvalue weighted by atomic mass is 10.1. The first-order valence-corrected chi connectivity index (χ1v) is 8.56. The highest BCUT2D eigenvalue weighted by molar-refractivity contribution is 9.10. The van der Waals surface area contributed by atoms with E-state index in [-0.39, 0.29) is 11.3 Å². The molecule has 2 aromatic rings. The van der Waals surface area contributed by atoms with Crippen molar-refractivity contribution in [2.45, 2.75) is 13.1 Å². The Hall–Kier alpha value is -2.79. The Balaban J connectivity index is 2.22. The number of anilines is 1. The van der Waals surface area contributed by atoms with E-state index in [1.807, 2.05) is 6.92 Å². The molecule has 1 N–H and O–H groups in total. The van der Waals surface area contributed by atoms with Crippen molar-refractivity contribution >= 4 is 33.6 Å². The van der Waals surface area contributed by atoms with Crippen molar-refractivity contribution in [1.29, 1.82) is 5.26 Å². The zero-order valence-corrected chi connectivity index (χ0v) is 15.7. The Bertz CT molecular complexity index is 918. The number of halogens is 4. The maximum atomic E-state index is 12.8. The molecule has 0 bridgehead atoms. The second kappa shape index (κ2) is 8.73. The van der Waals surface area contributed by atoms with E-state index in [9.17, 15) is 23.2 Å². The molecular formula is C19H14BrF3N2O2. The number of hydrogen-bond acceptors (Lipinski definition) is 3. The van der Waals surface area contributed by atoms with Crippen LogP contribution in [0.25, 0.3) is 6.08 Å². The van der Waals surface area contributed by atoms with Crippen LogP contribution < -0.4 is 10.1 Å². The summed E-state index contributed by atoms with van der Waals surface area (Å²) in [6.07, 6.45) is -3.19. The third-order valence-corrected chi connectivity index (χ3v) is 4.00. The SMILES string of the molecule is CCOc1ccc(/C=C(\C#N)C(=O)Nc2cccc(C(F)(F)F)c2)cc1Br. The van der Waals surface area contributed by atoms with Crippen LogP contribution >= 0.6 is 15.9 Å². The van der Waals surface area contributed by atoms with E-state index in [0.717, 1.165) is 12.1 Å². The Morgan fingerprint density at radius 3 is 2.63 bits per heavy atom. The van der Waals surface area contributed by atoms with Crippen LogP contribution in [0.1, 0.15) is 18.1 Å². The fraction of sp³-hybridized carbons (Fsp3) is 0.158. The molecule has 1 amide bonds. The molecule has 0 aromatic heterocycles. The van der Waals surface area contributed by atoms with Gasteiger partial charge in [0.25, 0.3) is 5.91 Å². The average Bonchev–Trinajstić information content (AvgIpc) is 2.61. The second-order valence-electron chi connectivity index (χ2n) is 5.33. The van der Waals surface area contributed by atoms with Crippen LogP contribution in [-0.4, -0.2) is 12.5 Å². The zero-order chi connectivity index (χ0) is 20.0. The predicted molar refractivity (Wildman–Crippen MR) is 99.0 cm³/mol. The summed E-state index contributed by atoms with van der Waals surface area (Å²) in [6, 6.07) is 11.0. The van der Waals surface area contributed by atoms with Gasteiger partial charge in [0.15, 0.2) is 0 Å². The molecule has 0 unspecified atom stereocenters. The molecule has 2 rings (SSSR count). The number of ether oxygens (including phenoxy) is 1. The van der Waals surface area contributed by atoms with Gasteiger partial charge in [-0.25, -0.2) is 0 Å². The van der Waals surface area contributed by atoms with E-state index in [0.29, 0.717) is 22.4 Å². The number of amides is 1. The first-order chi connectivity index (χ1) is 12.7. The topological polar surface area (TPSA) is 62.1 Å². The van der Waals surface area contributed by atoms with E-state index in [1.54, 1.807) is 24.3 Å². The molecule has 0 fully saturated rings. The summed E-state index contributed by atoms with van der Waals surface area (Å²) in [5.74, 6) is -0.191. The van der Waals surface area contributed by atoms with Crippen LogP contribution in [0.15, 0.2) is 52.5 Å². The molecule has 0 radical (unpaired) electrons. The highest BCUT2D eigenvalue weighted by atomic mass is 79.9. The minimum absolute atomic E-state index is 0.0520. The van der Waals surface area contributed by atoms with Crippen LogP contribution in [0.3, 0.4) is 0 Å². The maximum absolute atomic E-state index is 12.8. The van der Waals surface area contributed by atoms with Crippen molar-refractivity contribution < 1.29 is 22.7 Å². The first-order valence-electron chi connectivity index (χ1n) is 7.77. The van der Waals surface area contributed by atoms with Crippen molar-refractivity contribution in [2.75, 3.05) is 11.9 Å². The van der Waals surface area contributed by atoms with Gasteiger partial charge in [-0.15, -0.1) is 0 Å². The molecule has 0 heterocycles. The zero-order valence-electron chi connectivity index (χ0n) is 14.1. The van der Waals surface area contributed by atoms with Crippen molar-refractivity contribution in [1.82, 2.24) is 0 Å². The van der Waals surface area contributed by atoms with Crippen molar-refractivity contribution in [3.63, 3.8) is 0 Å². The predicted octanol–water partition coefficient (Wildman–Crippen LogP) is 5.41. The molecule has 8 heteroatoms. The quantitative estimate of drug-likeness (QED) is 0.501. The molecule has 0 aliphatic rings. The highest BCUT2D eigenvalue weighted by Crippen LogP contribution is 2.31. The normalized spacial score (nSPS) is 11.6. The van der Waals surface area contributed by atoms with Crippen molar-refractivity contribution in [3.05, 3.63) is 63.6 Å². The molecule has 4 nitrogen and oxygen atoms in total. The largest absolute Gasteiger partial charge is 0.493 e. The third-order valence-electron chi connectivity index (χ3n) is 3.38. The molecule has 0 saturated heterocycles. The van der Waals surface area contributed by atoms with Crippen LogP contribution in [0.2, 0.25) is 0 Å². The second-order valence-corrected chi connectivity index (χ2v) is 6.18. The number of nitriles is 1. The summed E-state index contributed by atoms with van der Waals surface area (Å²) in [4.78, 5) is 12.2. The summed E-state index contributed by atoms with van der Waals surface area (Å²) in [7, 11) is 0. The van der Waals surface area contributed by atoms with Gasteiger partial charge >= 0.3 is 6.18 Å².